The monoisotopic (exact) mass is 1320 g/mol. The second-order valence-electron chi connectivity index (χ2n) is 30.4. The molecule has 10 fully saturated rings. The highest BCUT2D eigenvalue weighted by Crippen LogP contribution is 2.51. The predicted molar refractivity (Wildman–Crippen MR) is 356 cm³/mol. The molecule has 8 N–H and O–H groups in total. The Labute approximate surface area is 559 Å². The maximum Gasteiger partial charge on any atom is 0.246 e. The highest BCUT2D eigenvalue weighted by atomic mass is 16.5. The summed E-state index contributed by atoms with van der Waals surface area (Å²) in [6.45, 7) is 33.1. The zero-order chi connectivity index (χ0) is 70.6. The smallest absolute Gasteiger partial charge is 0.246 e. The van der Waals surface area contributed by atoms with Gasteiger partial charge >= 0.3 is 0 Å². The summed E-state index contributed by atoms with van der Waals surface area (Å²) in [6, 6.07) is 0. The summed E-state index contributed by atoms with van der Waals surface area (Å²) < 4.78 is 0. The second-order valence-corrected chi connectivity index (χ2v) is 30.4. The second kappa shape index (κ2) is 30.2. The van der Waals surface area contributed by atoms with Gasteiger partial charge in [0.2, 0.25) is 35.4 Å². The summed E-state index contributed by atoms with van der Waals surface area (Å²) >= 11 is 0. The van der Waals surface area contributed by atoms with Crippen molar-refractivity contribution in [3.8, 4) is 0 Å². The van der Waals surface area contributed by atoms with Crippen LogP contribution >= 0.6 is 0 Å². The molecule has 0 aromatic heterocycles. The van der Waals surface area contributed by atoms with Crippen molar-refractivity contribution < 1.29 is 60.0 Å². The van der Waals surface area contributed by atoms with Crippen LogP contribution in [0.5, 0.6) is 0 Å². The molecule has 24 nitrogen and oxygen atoms in total. The number of likely N-dealkylation sites (N-methyl/N-ethyl adjacent to an activating group) is 3. The van der Waals surface area contributed by atoms with E-state index in [0.717, 1.165) is 134 Å². The van der Waals surface area contributed by atoms with Crippen LogP contribution in [0, 0.1) is 0 Å². The lowest BCUT2D eigenvalue weighted by atomic mass is 9.80. The molecule has 538 valence electrons. The normalized spacial score (nSPS) is 35.9. The molecule has 6 saturated heterocycles. The first-order chi connectivity index (χ1) is 43.3. The van der Waals surface area contributed by atoms with Crippen molar-refractivity contribution in [3.05, 3.63) is 0 Å². The number of carbonyl (C=O) groups is 6. The van der Waals surface area contributed by atoms with Crippen LogP contribution in [0.3, 0.4) is 0 Å². The van der Waals surface area contributed by atoms with Crippen LogP contribution in [0.1, 0.15) is 310 Å². The molecule has 24 heteroatoms. The Balaban J connectivity index is 0.000000203. The van der Waals surface area contributed by atoms with Gasteiger partial charge in [-0.05, 0) is 190 Å². The first-order valence-electron chi connectivity index (χ1n) is 36.1. The van der Waals surface area contributed by atoms with E-state index in [1.807, 2.05) is 107 Å². The standard InChI is InChI=1S/C14H24N2O2.C13H22N2O2.C13H26N2O2.2C10H20N2O2.C9H18N2O2/c1-15-12(17)13(8-4-2-5-9-13)16(18)14(15)10-6-3-7-11-14;16-11-12(7-3-1-4-8-12)15(17)13(14-11)9-5-2-6-10-13;1-6-9-10-14-11(16)12(4,7-2)15(17)13(14,5)8-3;2*1-6-9(3)8(13)11(5)10(4,7-2)12(9)14;1-5-8(3)7(12)10-9(4,6-2)11(8)13/h18H,2-11H2,1H3;17H,1-10H2,(H,14,16);17H,6-10H2,1-5H3;2*14H,6-7H2,1-5H3;13H,5-6H2,1-4H3,(H,10,12). The summed E-state index contributed by atoms with van der Waals surface area (Å²) in [5, 5.41) is 75.5. The molecule has 0 radical (unpaired) electrons. The van der Waals surface area contributed by atoms with Gasteiger partial charge in [0.25, 0.3) is 0 Å². The van der Waals surface area contributed by atoms with Gasteiger partial charge in [0, 0.05) is 27.7 Å². The fourth-order valence-corrected chi connectivity index (χ4v) is 16.5. The number of hydrogen-bond donors (Lipinski definition) is 8. The summed E-state index contributed by atoms with van der Waals surface area (Å²) in [5.41, 5.74) is -7.40. The van der Waals surface area contributed by atoms with Crippen LogP contribution in [-0.4, -0.2) is 212 Å². The van der Waals surface area contributed by atoms with Gasteiger partial charge in [-0.2, -0.15) is 30.4 Å². The molecule has 4 spiro atoms. The van der Waals surface area contributed by atoms with Crippen molar-refractivity contribution in [1.82, 2.24) is 60.6 Å². The molecule has 4 aliphatic carbocycles. The number of hydroxylamine groups is 12. The topological polar surface area (TPSA) is 280 Å². The number of nitrogens with zero attached hydrogens (tertiary/aromatic N) is 10. The number of rotatable bonds is 11. The Morgan fingerprint density at radius 2 is 0.710 bits per heavy atom. The molecule has 6 amide bonds. The number of unbranched alkanes of at least 4 members (excludes halogenated alkanes) is 1. The number of hydrogen-bond acceptors (Lipinski definition) is 18. The summed E-state index contributed by atoms with van der Waals surface area (Å²) in [7, 11) is 5.38. The quantitative estimate of drug-likeness (QED) is 0.0954. The largest absolute Gasteiger partial charge is 0.334 e. The SMILES string of the molecule is CCC1(C)C(=O)N(C)C(C)(CC)N1O.CCC1(C)C(=O)N(C)C(C)(CC)N1O.CCC1(C)NC(=O)C(C)(CC)N1O.CCCCN1C(=O)C(C)(CC)N(O)C1(C)CC.CN1C(=O)C2(CCCCC2)N(O)C12CCCCC2.O=C1NC2(CCCCC2)N(O)C12CCCCC2. The van der Waals surface area contributed by atoms with Gasteiger partial charge in [-0.3, -0.25) is 28.8 Å². The highest BCUT2D eigenvalue weighted by molar-refractivity contribution is 5.91. The molecule has 6 aliphatic heterocycles. The van der Waals surface area contributed by atoms with Gasteiger partial charge in [0.1, 0.15) is 67.2 Å². The first kappa shape index (κ1) is 80.0. The molecule has 93 heavy (non-hydrogen) atoms. The average Bonchev–Trinajstić information content (AvgIpc) is 1.59. The fraction of sp³-hybridized carbons (Fsp3) is 0.913. The van der Waals surface area contributed by atoms with Gasteiger partial charge in [-0.15, -0.1) is 0 Å². The van der Waals surface area contributed by atoms with Crippen molar-refractivity contribution >= 4 is 35.4 Å². The summed E-state index contributed by atoms with van der Waals surface area (Å²) in [6.07, 6.45) is 27.8. The fourth-order valence-electron chi connectivity index (χ4n) is 16.5. The van der Waals surface area contributed by atoms with E-state index in [1.165, 1.54) is 51.0 Å². The molecule has 0 aromatic rings. The third-order valence-corrected chi connectivity index (χ3v) is 25.4. The molecule has 10 rings (SSSR count). The molecule has 10 aliphatic rings. The van der Waals surface area contributed by atoms with Crippen LogP contribution in [-0.2, 0) is 28.8 Å². The van der Waals surface area contributed by atoms with E-state index >= 15 is 0 Å². The van der Waals surface area contributed by atoms with Crippen molar-refractivity contribution in [2.24, 2.45) is 0 Å². The Bertz CT molecular complexity index is 2530. The minimum atomic E-state index is -0.773. The zero-order valence-electron chi connectivity index (χ0n) is 61.5. The van der Waals surface area contributed by atoms with E-state index in [4.69, 9.17) is 0 Å². The highest BCUT2D eigenvalue weighted by Gasteiger charge is 2.65. The minimum absolute atomic E-state index is 0.00755. The van der Waals surface area contributed by atoms with E-state index in [2.05, 4.69) is 17.6 Å². The Kier molecular flexibility index (Phi) is 26.0. The number of nitrogens with one attached hydrogen (secondary N) is 2. The molecule has 4 saturated carbocycles. The van der Waals surface area contributed by atoms with Crippen LogP contribution in [0.4, 0.5) is 0 Å². The predicted octanol–water partition coefficient (Wildman–Crippen LogP) is 11.3. The summed E-state index contributed by atoms with van der Waals surface area (Å²) in [5.74, 6) is 0.175. The van der Waals surface area contributed by atoms with Crippen LogP contribution < -0.4 is 10.6 Å². The van der Waals surface area contributed by atoms with Gasteiger partial charge in [-0.1, -0.05) is 120 Å². The van der Waals surface area contributed by atoms with E-state index in [1.54, 1.807) is 44.7 Å². The lowest BCUT2D eigenvalue weighted by Gasteiger charge is -2.45. The molecule has 0 bridgehead atoms. The van der Waals surface area contributed by atoms with Crippen LogP contribution in [0.15, 0.2) is 0 Å². The van der Waals surface area contributed by atoms with Crippen molar-refractivity contribution in [3.63, 3.8) is 0 Å². The average molecular weight is 1320 g/mol. The third-order valence-electron chi connectivity index (χ3n) is 25.4. The van der Waals surface area contributed by atoms with E-state index < -0.39 is 67.2 Å². The molecule has 0 aromatic carbocycles. The Hall–Kier alpha value is -3.66. The van der Waals surface area contributed by atoms with Crippen LogP contribution in [0.25, 0.3) is 0 Å². The number of amides is 6. The van der Waals surface area contributed by atoms with Gasteiger partial charge in [-0.25, -0.2) is 0 Å². The third kappa shape index (κ3) is 13.3. The van der Waals surface area contributed by atoms with Crippen molar-refractivity contribution in [2.75, 3.05) is 27.7 Å². The molecule has 8 atom stereocenters. The number of carbonyl (C=O) groups excluding carboxylic acids is 6. The summed E-state index contributed by atoms with van der Waals surface area (Å²) in [4.78, 5) is 80.0. The molecular formula is C69H130N12O12. The lowest BCUT2D eigenvalue weighted by Crippen LogP contribution is -2.56. The molecule has 6 heterocycles. The lowest BCUT2D eigenvalue weighted by molar-refractivity contribution is -0.242. The maximum atomic E-state index is 12.7. The van der Waals surface area contributed by atoms with Crippen LogP contribution in [0.2, 0.25) is 0 Å². The van der Waals surface area contributed by atoms with Gasteiger partial charge < -0.3 is 61.5 Å². The van der Waals surface area contributed by atoms with Gasteiger partial charge in [0.05, 0.1) is 0 Å². The van der Waals surface area contributed by atoms with Crippen molar-refractivity contribution in [2.45, 2.75) is 378 Å². The van der Waals surface area contributed by atoms with Gasteiger partial charge in [0.15, 0.2) is 0 Å². The Morgan fingerprint density at radius 1 is 0.344 bits per heavy atom. The molecule has 8 unspecified atom stereocenters. The van der Waals surface area contributed by atoms with E-state index in [0.29, 0.717) is 44.9 Å². The van der Waals surface area contributed by atoms with E-state index in [9.17, 15) is 60.0 Å². The minimum Gasteiger partial charge on any atom is -0.334 e. The van der Waals surface area contributed by atoms with E-state index in [-0.39, 0.29) is 35.4 Å². The first-order valence-corrected chi connectivity index (χ1v) is 36.1. The Morgan fingerprint density at radius 3 is 1.04 bits per heavy atom. The zero-order valence-corrected chi connectivity index (χ0v) is 61.5. The van der Waals surface area contributed by atoms with Crippen molar-refractivity contribution in [1.29, 1.82) is 0 Å². The molecular weight excluding hydrogens is 1190 g/mol. The maximum absolute atomic E-state index is 12.7.